The van der Waals surface area contributed by atoms with E-state index in [2.05, 4.69) is 20.5 Å². The lowest BCUT2D eigenvalue weighted by Crippen LogP contribution is -2.43. The van der Waals surface area contributed by atoms with E-state index in [9.17, 15) is 13.6 Å². The number of anilines is 2. The second-order valence-electron chi connectivity index (χ2n) is 8.19. The number of benzene rings is 2. The minimum atomic E-state index is -1.20. The number of aromatic amines is 1. The Morgan fingerprint density at radius 1 is 1.19 bits per heavy atom. The molecule has 0 bridgehead atoms. The Morgan fingerprint density at radius 3 is 2.81 bits per heavy atom. The maximum absolute atomic E-state index is 14.1. The van der Waals surface area contributed by atoms with Gasteiger partial charge in [-0.1, -0.05) is 18.2 Å². The number of H-pyrrole nitrogens is 1. The summed E-state index contributed by atoms with van der Waals surface area (Å²) in [4.78, 5) is 18.9. The number of carbonyl (C=O) groups excluding carboxylic acids is 1. The predicted octanol–water partition coefficient (Wildman–Crippen LogP) is 4.96. The van der Waals surface area contributed by atoms with Gasteiger partial charge in [0, 0.05) is 30.4 Å². The number of fused-ring (bicyclic) bond motifs is 2. The SMILES string of the molecule is CC1(F)CCN(C(=O)c2cccc3cc(Nc4n[nH]c5cc(F)cnc45)ccc23)CC1. The van der Waals surface area contributed by atoms with Crippen molar-refractivity contribution in [3.8, 4) is 0 Å². The number of rotatable bonds is 3. The van der Waals surface area contributed by atoms with Crippen LogP contribution < -0.4 is 5.32 Å². The van der Waals surface area contributed by atoms with E-state index in [4.69, 9.17) is 0 Å². The van der Waals surface area contributed by atoms with Gasteiger partial charge in [0.15, 0.2) is 5.82 Å². The van der Waals surface area contributed by atoms with Gasteiger partial charge >= 0.3 is 0 Å². The van der Waals surface area contributed by atoms with Gasteiger partial charge in [0.1, 0.15) is 17.0 Å². The molecule has 8 heteroatoms. The summed E-state index contributed by atoms with van der Waals surface area (Å²) < 4.78 is 27.4. The van der Waals surface area contributed by atoms with Crippen LogP contribution in [0.1, 0.15) is 30.1 Å². The fourth-order valence-electron chi connectivity index (χ4n) is 4.00. The number of nitrogens with one attached hydrogen (secondary N) is 2. The van der Waals surface area contributed by atoms with Crippen molar-refractivity contribution >= 4 is 39.2 Å². The van der Waals surface area contributed by atoms with Crippen molar-refractivity contribution in [1.29, 1.82) is 0 Å². The summed E-state index contributed by atoms with van der Waals surface area (Å²) >= 11 is 0. The molecule has 31 heavy (non-hydrogen) atoms. The van der Waals surface area contributed by atoms with Crippen molar-refractivity contribution in [2.75, 3.05) is 18.4 Å². The van der Waals surface area contributed by atoms with Crippen LogP contribution in [0, 0.1) is 5.82 Å². The molecular formula is C23H21F2N5O. The molecule has 0 unspecified atom stereocenters. The standard InChI is InChI=1S/C23H21F2N5O/c1-23(25)7-9-30(10-8-23)22(31)18-4-2-3-14-11-16(5-6-17(14)18)27-21-20-19(28-29-21)12-15(24)13-26-20/h2-6,11-13H,7-10H2,1H3,(H2,27,28,29). The molecule has 2 aromatic carbocycles. The number of halogens is 2. The number of alkyl halides is 1. The molecule has 0 spiro atoms. The Hall–Kier alpha value is -3.55. The first-order chi connectivity index (χ1) is 14.9. The van der Waals surface area contributed by atoms with Gasteiger partial charge in [-0.15, -0.1) is 0 Å². The Labute approximate surface area is 177 Å². The van der Waals surface area contributed by atoms with Crippen molar-refractivity contribution in [2.24, 2.45) is 0 Å². The third-order valence-corrected chi connectivity index (χ3v) is 5.83. The molecular weight excluding hydrogens is 400 g/mol. The average Bonchev–Trinajstić information content (AvgIpc) is 3.14. The summed E-state index contributed by atoms with van der Waals surface area (Å²) in [6.45, 7) is 2.43. The third kappa shape index (κ3) is 3.69. The van der Waals surface area contributed by atoms with Gasteiger partial charge < -0.3 is 10.2 Å². The van der Waals surface area contributed by atoms with Crippen LogP contribution in [0.15, 0.2) is 48.7 Å². The summed E-state index contributed by atoms with van der Waals surface area (Å²) in [5, 5.41) is 11.9. The predicted molar refractivity (Wildman–Crippen MR) is 116 cm³/mol. The molecule has 1 amide bonds. The highest BCUT2D eigenvalue weighted by molar-refractivity contribution is 6.07. The van der Waals surface area contributed by atoms with Crippen molar-refractivity contribution in [1.82, 2.24) is 20.1 Å². The first-order valence-corrected chi connectivity index (χ1v) is 10.2. The second-order valence-corrected chi connectivity index (χ2v) is 8.19. The van der Waals surface area contributed by atoms with Gasteiger partial charge in [-0.2, -0.15) is 5.10 Å². The smallest absolute Gasteiger partial charge is 0.254 e. The normalized spacial score (nSPS) is 16.0. The first-order valence-electron chi connectivity index (χ1n) is 10.2. The summed E-state index contributed by atoms with van der Waals surface area (Å²) in [6, 6.07) is 12.6. The van der Waals surface area contributed by atoms with Crippen LogP contribution in [-0.2, 0) is 0 Å². The molecule has 1 fully saturated rings. The lowest BCUT2D eigenvalue weighted by atomic mass is 9.94. The molecule has 1 aliphatic rings. The highest BCUT2D eigenvalue weighted by Gasteiger charge is 2.32. The summed E-state index contributed by atoms with van der Waals surface area (Å²) in [6.07, 6.45) is 1.85. The maximum atomic E-state index is 14.1. The molecule has 0 aliphatic carbocycles. The highest BCUT2D eigenvalue weighted by Crippen LogP contribution is 2.30. The zero-order chi connectivity index (χ0) is 21.6. The lowest BCUT2D eigenvalue weighted by Gasteiger charge is -2.34. The van der Waals surface area contributed by atoms with Gasteiger partial charge in [0.05, 0.1) is 11.7 Å². The molecule has 2 N–H and O–H groups in total. The van der Waals surface area contributed by atoms with Crippen LogP contribution in [0.5, 0.6) is 0 Å². The zero-order valence-electron chi connectivity index (χ0n) is 17.0. The molecule has 2 aromatic heterocycles. The van der Waals surface area contributed by atoms with E-state index in [1.807, 2.05) is 30.3 Å². The number of carbonyl (C=O) groups is 1. The minimum Gasteiger partial charge on any atom is -0.338 e. The Balaban J connectivity index is 1.42. The number of amides is 1. The van der Waals surface area contributed by atoms with Crippen molar-refractivity contribution in [3.63, 3.8) is 0 Å². The second kappa shape index (κ2) is 7.30. The summed E-state index contributed by atoms with van der Waals surface area (Å²) in [5.74, 6) is -0.0223. The Bertz CT molecular complexity index is 1290. The fourth-order valence-corrected chi connectivity index (χ4v) is 4.00. The Morgan fingerprint density at radius 2 is 2.00 bits per heavy atom. The first kappa shape index (κ1) is 19.4. The largest absolute Gasteiger partial charge is 0.338 e. The number of aromatic nitrogens is 3. The summed E-state index contributed by atoms with van der Waals surface area (Å²) in [7, 11) is 0. The van der Waals surface area contributed by atoms with E-state index < -0.39 is 11.5 Å². The van der Waals surface area contributed by atoms with Crippen LogP contribution in [0.25, 0.3) is 21.8 Å². The molecule has 4 aromatic rings. The molecule has 158 valence electrons. The van der Waals surface area contributed by atoms with Crippen LogP contribution in [0.3, 0.4) is 0 Å². The third-order valence-electron chi connectivity index (χ3n) is 5.83. The van der Waals surface area contributed by atoms with Gasteiger partial charge in [0.2, 0.25) is 0 Å². The van der Waals surface area contributed by atoms with E-state index >= 15 is 0 Å². The zero-order valence-corrected chi connectivity index (χ0v) is 17.0. The summed E-state index contributed by atoms with van der Waals surface area (Å²) in [5.41, 5.74) is 1.21. The van der Waals surface area contributed by atoms with E-state index in [0.717, 1.165) is 22.7 Å². The molecule has 1 saturated heterocycles. The highest BCUT2D eigenvalue weighted by atomic mass is 19.1. The van der Waals surface area contributed by atoms with Gasteiger partial charge in [-0.25, -0.2) is 13.8 Å². The molecule has 5 rings (SSSR count). The molecule has 0 radical (unpaired) electrons. The number of hydrogen-bond acceptors (Lipinski definition) is 4. The van der Waals surface area contributed by atoms with Gasteiger partial charge in [0.25, 0.3) is 5.91 Å². The number of nitrogens with zero attached hydrogens (tertiary/aromatic N) is 3. The molecule has 6 nitrogen and oxygen atoms in total. The number of pyridine rings is 1. The minimum absolute atomic E-state index is 0.0775. The van der Waals surface area contributed by atoms with Crippen LogP contribution in [0.4, 0.5) is 20.3 Å². The molecule has 0 atom stereocenters. The van der Waals surface area contributed by atoms with Crippen molar-refractivity contribution in [2.45, 2.75) is 25.4 Å². The quantitative estimate of drug-likeness (QED) is 0.491. The number of piperidine rings is 1. The topological polar surface area (TPSA) is 73.9 Å². The monoisotopic (exact) mass is 421 g/mol. The van der Waals surface area contributed by atoms with Crippen LogP contribution >= 0.6 is 0 Å². The van der Waals surface area contributed by atoms with E-state index in [0.29, 0.717) is 48.3 Å². The van der Waals surface area contributed by atoms with E-state index in [1.165, 1.54) is 6.07 Å². The fraction of sp³-hybridized carbons (Fsp3) is 0.261. The average molecular weight is 421 g/mol. The van der Waals surface area contributed by atoms with Gasteiger partial charge in [-0.05, 0) is 48.7 Å². The van der Waals surface area contributed by atoms with Crippen LogP contribution in [-0.4, -0.2) is 44.7 Å². The maximum Gasteiger partial charge on any atom is 0.254 e. The molecule has 3 heterocycles. The Kier molecular flexibility index (Phi) is 4.57. The lowest BCUT2D eigenvalue weighted by molar-refractivity contribution is 0.0505. The van der Waals surface area contributed by atoms with E-state index in [-0.39, 0.29) is 5.91 Å². The molecule has 0 saturated carbocycles. The number of likely N-dealkylation sites (tertiary alicyclic amines) is 1. The van der Waals surface area contributed by atoms with Crippen molar-refractivity contribution in [3.05, 3.63) is 60.0 Å². The van der Waals surface area contributed by atoms with E-state index in [1.54, 1.807) is 17.9 Å². The number of hydrogen-bond donors (Lipinski definition) is 2. The van der Waals surface area contributed by atoms with Crippen molar-refractivity contribution < 1.29 is 13.6 Å². The van der Waals surface area contributed by atoms with Gasteiger partial charge in [-0.3, -0.25) is 9.89 Å². The van der Waals surface area contributed by atoms with Crippen LogP contribution in [0.2, 0.25) is 0 Å². The molecule has 1 aliphatic heterocycles.